The third-order valence-corrected chi connectivity index (χ3v) is 4.17. The van der Waals surface area contributed by atoms with Crippen molar-refractivity contribution in [3.05, 3.63) is 35.9 Å². The monoisotopic (exact) mass is 289 g/mol. The van der Waals surface area contributed by atoms with E-state index in [-0.39, 0.29) is 23.5 Å². The lowest BCUT2D eigenvalue weighted by Gasteiger charge is -2.18. The predicted molar refractivity (Wildman–Crippen MR) is 76.5 cm³/mol. The maximum Gasteiger partial charge on any atom is 0.264 e. The van der Waals surface area contributed by atoms with Crippen LogP contribution in [0.2, 0.25) is 0 Å². The summed E-state index contributed by atoms with van der Waals surface area (Å²) in [4.78, 5) is 0. The van der Waals surface area contributed by atoms with Gasteiger partial charge in [0.15, 0.2) is 0 Å². The van der Waals surface area contributed by atoms with Crippen LogP contribution in [-0.2, 0) is 16.5 Å². The van der Waals surface area contributed by atoms with E-state index in [2.05, 4.69) is 12.6 Å². The first kappa shape index (κ1) is 15.5. The highest BCUT2D eigenvalue weighted by molar-refractivity contribution is 7.85. The summed E-state index contributed by atoms with van der Waals surface area (Å²) in [6.07, 6.45) is 1.86. The fraction of sp³-hybridized carbons (Fsp3) is 0.500. The lowest BCUT2D eigenvalue weighted by atomic mass is 10.0. The second-order valence-corrected chi connectivity index (χ2v) is 6.57. The van der Waals surface area contributed by atoms with Crippen LogP contribution in [0.15, 0.2) is 30.3 Å². The Bertz CT molecular complexity index is 448. The van der Waals surface area contributed by atoms with E-state index in [0.717, 1.165) is 12.8 Å². The van der Waals surface area contributed by atoms with Crippen molar-refractivity contribution in [1.29, 1.82) is 0 Å². The van der Waals surface area contributed by atoms with Crippen LogP contribution in [0.25, 0.3) is 0 Å². The summed E-state index contributed by atoms with van der Waals surface area (Å²) in [5.74, 6) is -0.309. The molecule has 1 aromatic rings. The van der Waals surface area contributed by atoms with E-state index >= 15 is 0 Å². The minimum atomic E-state index is -3.93. The van der Waals surface area contributed by atoms with Crippen molar-refractivity contribution >= 4 is 22.7 Å². The van der Waals surface area contributed by atoms with E-state index < -0.39 is 10.1 Å². The number of rotatable bonds is 7. The van der Waals surface area contributed by atoms with Gasteiger partial charge in [-0.2, -0.15) is 21.0 Å². The molecule has 3 N–H and O–H groups in total. The molecular formula is C12H19NO3S2. The first-order valence-corrected chi connectivity index (χ1v) is 7.94. The Labute approximate surface area is 114 Å². The van der Waals surface area contributed by atoms with E-state index in [1.165, 1.54) is 5.56 Å². The standard InChI is InChI=1S/C12H19NO3S2/c13-11(8-9-18(14,15)16)12(17)7-6-10-4-2-1-3-5-10/h1-5,11-12,17H,6-9,13H2,(H,14,15,16)/t11-,12+/m0/s1. The second-order valence-electron chi connectivity index (χ2n) is 4.33. The summed E-state index contributed by atoms with van der Waals surface area (Å²) in [6.45, 7) is 0. The molecule has 4 nitrogen and oxygen atoms in total. The molecule has 0 aliphatic rings. The van der Waals surface area contributed by atoms with Gasteiger partial charge in [0.1, 0.15) is 0 Å². The average Bonchev–Trinajstić information content (AvgIpc) is 2.33. The molecule has 1 rings (SSSR count). The normalized spacial score (nSPS) is 15.3. The quantitative estimate of drug-likeness (QED) is 0.525. The molecule has 0 radical (unpaired) electrons. The zero-order chi connectivity index (χ0) is 13.6. The summed E-state index contributed by atoms with van der Waals surface area (Å²) >= 11 is 4.38. The van der Waals surface area contributed by atoms with Crippen molar-refractivity contribution in [2.24, 2.45) is 5.73 Å². The SMILES string of the molecule is N[C@@H](CCS(=O)(=O)O)[C@H](S)CCc1ccccc1. The average molecular weight is 289 g/mol. The van der Waals surface area contributed by atoms with E-state index in [1.54, 1.807) is 0 Å². The number of benzene rings is 1. The number of hydrogen-bond acceptors (Lipinski definition) is 4. The number of aryl methyl sites for hydroxylation is 1. The van der Waals surface area contributed by atoms with Crippen LogP contribution < -0.4 is 5.73 Å². The highest BCUT2D eigenvalue weighted by Gasteiger charge is 2.16. The molecule has 0 spiro atoms. The van der Waals surface area contributed by atoms with Gasteiger partial charge >= 0.3 is 0 Å². The minimum absolute atomic E-state index is 0.0769. The third kappa shape index (κ3) is 6.39. The Morgan fingerprint density at radius 1 is 1.22 bits per heavy atom. The van der Waals surface area contributed by atoms with Crippen LogP contribution in [0.3, 0.4) is 0 Å². The molecule has 0 unspecified atom stereocenters. The number of thiol groups is 1. The summed E-state index contributed by atoms with van der Waals surface area (Å²) < 4.78 is 29.9. The van der Waals surface area contributed by atoms with Gasteiger partial charge in [-0.3, -0.25) is 4.55 Å². The van der Waals surface area contributed by atoms with Gasteiger partial charge in [-0.25, -0.2) is 0 Å². The first-order valence-electron chi connectivity index (χ1n) is 5.81. The maximum absolute atomic E-state index is 10.6. The molecule has 6 heteroatoms. The van der Waals surface area contributed by atoms with Crippen molar-refractivity contribution in [2.45, 2.75) is 30.6 Å². The van der Waals surface area contributed by atoms with Crippen molar-refractivity contribution < 1.29 is 13.0 Å². The summed E-state index contributed by atoms with van der Waals surface area (Å²) in [5.41, 5.74) is 7.04. The van der Waals surface area contributed by atoms with Gasteiger partial charge in [-0.05, 0) is 24.8 Å². The predicted octanol–water partition coefficient (Wildman–Crippen LogP) is 1.52. The van der Waals surface area contributed by atoms with E-state index in [4.69, 9.17) is 10.3 Å². The molecule has 18 heavy (non-hydrogen) atoms. The smallest absolute Gasteiger partial charge is 0.264 e. The summed E-state index contributed by atoms with van der Waals surface area (Å²) in [6, 6.07) is 9.63. The van der Waals surface area contributed by atoms with E-state index in [0.29, 0.717) is 0 Å². The molecule has 1 aromatic carbocycles. The fourth-order valence-corrected chi connectivity index (χ4v) is 2.50. The molecular weight excluding hydrogens is 270 g/mol. The fourth-order valence-electron chi connectivity index (χ4n) is 1.65. The Morgan fingerprint density at radius 3 is 2.39 bits per heavy atom. The Hall–Kier alpha value is -0.560. The third-order valence-electron chi connectivity index (χ3n) is 2.77. The Morgan fingerprint density at radius 2 is 1.83 bits per heavy atom. The van der Waals surface area contributed by atoms with Crippen molar-refractivity contribution in [3.8, 4) is 0 Å². The van der Waals surface area contributed by atoms with Crippen molar-refractivity contribution in [2.75, 3.05) is 5.75 Å². The lowest BCUT2D eigenvalue weighted by molar-refractivity contribution is 0.474. The highest BCUT2D eigenvalue weighted by Crippen LogP contribution is 2.13. The lowest BCUT2D eigenvalue weighted by Crippen LogP contribution is -2.33. The van der Waals surface area contributed by atoms with Gasteiger partial charge in [-0.1, -0.05) is 30.3 Å². The molecule has 0 saturated carbocycles. The molecule has 102 valence electrons. The topological polar surface area (TPSA) is 80.4 Å². The van der Waals surface area contributed by atoms with Gasteiger partial charge in [0.2, 0.25) is 0 Å². The van der Waals surface area contributed by atoms with Crippen LogP contribution in [0, 0.1) is 0 Å². The summed E-state index contributed by atoms with van der Waals surface area (Å²) in [7, 11) is -3.93. The Balaban J connectivity index is 2.34. The first-order chi connectivity index (χ1) is 8.38. The minimum Gasteiger partial charge on any atom is -0.327 e. The van der Waals surface area contributed by atoms with Crippen molar-refractivity contribution in [1.82, 2.24) is 0 Å². The highest BCUT2D eigenvalue weighted by atomic mass is 32.2. The largest absolute Gasteiger partial charge is 0.327 e. The molecule has 0 amide bonds. The van der Waals surface area contributed by atoms with Gasteiger partial charge in [0.05, 0.1) is 5.75 Å². The van der Waals surface area contributed by atoms with E-state index in [1.807, 2.05) is 30.3 Å². The van der Waals surface area contributed by atoms with Gasteiger partial charge < -0.3 is 5.73 Å². The van der Waals surface area contributed by atoms with Gasteiger partial charge in [0.25, 0.3) is 10.1 Å². The van der Waals surface area contributed by atoms with Crippen LogP contribution in [-0.4, -0.2) is 30.0 Å². The molecule has 0 bridgehead atoms. The van der Waals surface area contributed by atoms with Crippen LogP contribution in [0.4, 0.5) is 0 Å². The van der Waals surface area contributed by atoms with Gasteiger partial charge in [-0.15, -0.1) is 0 Å². The molecule has 0 aliphatic carbocycles. The molecule has 0 fully saturated rings. The zero-order valence-electron chi connectivity index (χ0n) is 10.1. The maximum atomic E-state index is 10.6. The molecule has 0 aliphatic heterocycles. The van der Waals surface area contributed by atoms with Crippen LogP contribution in [0.1, 0.15) is 18.4 Å². The van der Waals surface area contributed by atoms with Crippen LogP contribution in [0.5, 0.6) is 0 Å². The zero-order valence-corrected chi connectivity index (χ0v) is 11.8. The van der Waals surface area contributed by atoms with Gasteiger partial charge in [0, 0.05) is 11.3 Å². The second kappa shape index (κ2) is 7.13. The van der Waals surface area contributed by atoms with Crippen LogP contribution >= 0.6 is 12.6 Å². The molecule has 0 saturated heterocycles. The molecule has 2 atom stereocenters. The Kier molecular flexibility index (Phi) is 6.14. The summed E-state index contributed by atoms with van der Waals surface area (Å²) in [5, 5.41) is -0.0769. The van der Waals surface area contributed by atoms with Crippen molar-refractivity contribution in [3.63, 3.8) is 0 Å². The molecule has 0 aromatic heterocycles. The van der Waals surface area contributed by atoms with E-state index in [9.17, 15) is 8.42 Å². The number of hydrogen-bond donors (Lipinski definition) is 3. The number of nitrogens with two attached hydrogens (primary N) is 1. The molecule has 0 heterocycles.